The average molecular weight is 266 g/mol. The van der Waals surface area contributed by atoms with Gasteiger partial charge in [0.1, 0.15) is 18.2 Å². The molecule has 0 amide bonds. The van der Waals surface area contributed by atoms with Crippen molar-refractivity contribution in [2.24, 2.45) is 0 Å². The fourth-order valence-electron chi connectivity index (χ4n) is 1.55. The highest BCUT2D eigenvalue weighted by molar-refractivity contribution is 6.31. The summed E-state index contributed by atoms with van der Waals surface area (Å²) in [6.07, 6.45) is 0. The number of halogens is 2. The number of nitrogen functional groups attached to an aromatic ring is 1. The second-order valence-corrected chi connectivity index (χ2v) is 4.41. The maximum absolute atomic E-state index is 13.3. The van der Waals surface area contributed by atoms with Gasteiger partial charge in [0.15, 0.2) is 0 Å². The minimum atomic E-state index is -0.292. The number of aryl methyl sites for hydroxylation is 1. The van der Waals surface area contributed by atoms with Crippen LogP contribution in [0, 0.1) is 12.7 Å². The van der Waals surface area contributed by atoms with Crippen LogP contribution in [0.1, 0.15) is 11.1 Å². The van der Waals surface area contributed by atoms with E-state index in [1.54, 1.807) is 37.3 Å². The highest BCUT2D eigenvalue weighted by Gasteiger charge is 2.06. The predicted molar refractivity (Wildman–Crippen MR) is 71.3 cm³/mol. The minimum Gasteiger partial charge on any atom is -0.489 e. The highest BCUT2D eigenvalue weighted by atomic mass is 35.5. The van der Waals surface area contributed by atoms with E-state index in [0.717, 1.165) is 0 Å². The van der Waals surface area contributed by atoms with Crippen LogP contribution in [0.2, 0.25) is 5.02 Å². The Morgan fingerprint density at radius 2 is 2.06 bits per heavy atom. The molecule has 0 saturated heterocycles. The third kappa shape index (κ3) is 2.74. The molecule has 2 nitrogen and oxygen atoms in total. The summed E-state index contributed by atoms with van der Waals surface area (Å²) in [4.78, 5) is 0. The SMILES string of the molecule is Cc1ccc(OCc2c(N)cccc2Cl)cc1F. The van der Waals surface area contributed by atoms with Crippen molar-refractivity contribution in [2.45, 2.75) is 13.5 Å². The minimum absolute atomic E-state index is 0.216. The molecule has 0 aliphatic rings. The Morgan fingerprint density at radius 1 is 1.28 bits per heavy atom. The lowest BCUT2D eigenvalue weighted by atomic mass is 10.2. The number of anilines is 1. The van der Waals surface area contributed by atoms with Gasteiger partial charge in [0.25, 0.3) is 0 Å². The average Bonchev–Trinajstić information content (AvgIpc) is 2.33. The molecule has 0 saturated carbocycles. The molecule has 0 aromatic heterocycles. The van der Waals surface area contributed by atoms with Crippen molar-refractivity contribution in [2.75, 3.05) is 5.73 Å². The fourth-order valence-corrected chi connectivity index (χ4v) is 1.78. The van der Waals surface area contributed by atoms with Crippen LogP contribution in [0.4, 0.5) is 10.1 Å². The monoisotopic (exact) mass is 265 g/mol. The summed E-state index contributed by atoms with van der Waals surface area (Å²) in [5.74, 6) is 0.164. The first kappa shape index (κ1) is 12.7. The molecule has 18 heavy (non-hydrogen) atoms. The van der Waals surface area contributed by atoms with Crippen molar-refractivity contribution in [3.63, 3.8) is 0 Å². The topological polar surface area (TPSA) is 35.2 Å². The quantitative estimate of drug-likeness (QED) is 0.853. The molecule has 0 aliphatic carbocycles. The molecule has 0 spiro atoms. The Morgan fingerprint density at radius 3 is 2.72 bits per heavy atom. The first-order chi connectivity index (χ1) is 8.58. The Balaban J connectivity index is 2.14. The zero-order valence-electron chi connectivity index (χ0n) is 9.91. The highest BCUT2D eigenvalue weighted by Crippen LogP contribution is 2.24. The number of hydrogen-bond donors (Lipinski definition) is 1. The second kappa shape index (κ2) is 5.27. The van der Waals surface area contributed by atoms with Crippen LogP contribution in [-0.4, -0.2) is 0 Å². The van der Waals surface area contributed by atoms with Crippen LogP contribution in [-0.2, 0) is 6.61 Å². The standard InChI is InChI=1S/C14H13ClFNO/c1-9-5-6-10(7-13(9)16)18-8-11-12(15)3-2-4-14(11)17/h2-7H,8,17H2,1H3. The van der Waals surface area contributed by atoms with Crippen LogP contribution in [0.25, 0.3) is 0 Å². The zero-order valence-corrected chi connectivity index (χ0v) is 10.7. The fraction of sp³-hybridized carbons (Fsp3) is 0.143. The molecule has 2 aromatic carbocycles. The molecule has 2 N–H and O–H groups in total. The van der Waals surface area contributed by atoms with E-state index in [-0.39, 0.29) is 12.4 Å². The van der Waals surface area contributed by atoms with E-state index >= 15 is 0 Å². The van der Waals surface area contributed by atoms with Gasteiger partial charge in [-0.3, -0.25) is 0 Å². The molecule has 0 unspecified atom stereocenters. The lowest BCUT2D eigenvalue weighted by molar-refractivity contribution is 0.305. The summed E-state index contributed by atoms with van der Waals surface area (Å²) < 4.78 is 18.8. The predicted octanol–water partition coefficient (Wildman–Crippen LogP) is 3.95. The van der Waals surface area contributed by atoms with Crippen LogP contribution >= 0.6 is 11.6 Å². The normalized spacial score (nSPS) is 10.4. The second-order valence-electron chi connectivity index (χ2n) is 4.01. The van der Waals surface area contributed by atoms with Crippen LogP contribution in [0.5, 0.6) is 5.75 Å². The van der Waals surface area contributed by atoms with Gasteiger partial charge in [0.05, 0.1) is 0 Å². The maximum Gasteiger partial charge on any atom is 0.129 e. The van der Waals surface area contributed by atoms with E-state index in [1.807, 2.05) is 0 Å². The molecule has 0 radical (unpaired) electrons. The zero-order chi connectivity index (χ0) is 13.1. The van der Waals surface area contributed by atoms with Gasteiger partial charge in [-0.2, -0.15) is 0 Å². The molecule has 0 bridgehead atoms. The van der Waals surface area contributed by atoms with E-state index in [0.29, 0.717) is 27.6 Å². The molecule has 0 heterocycles. The van der Waals surface area contributed by atoms with E-state index in [2.05, 4.69) is 0 Å². The third-order valence-corrected chi connectivity index (χ3v) is 3.04. The molecule has 0 atom stereocenters. The van der Waals surface area contributed by atoms with Gasteiger partial charge in [0.2, 0.25) is 0 Å². The molecule has 0 aliphatic heterocycles. The van der Waals surface area contributed by atoms with Crippen molar-refractivity contribution < 1.29 is 9.13 Å². The van der Waals surface area contributed by atoms with Gasteiger partial charge >= 0.3 is 0 Å². The van der Waals surface area contributed by atoms with Crippen LogP contribution < -0.4 is 10.5 Å². The van der Waals surface area contributed by atoms with Crippen molar-refractivity contribution in [1.82, 2.24) is 0 Å². The molecule has 2 rings (SSSR count). The molecular formula is C14H13ClFNO. The lowest BCUT2D eigenvalue weighted by Crippen LogP contribution is -2.01. The first-order valence-electron chi connectivity index (χ1n) is 5.50. The Labute approximate surface area is 110 Å². The smallest absolute Gasteiger partial charge is 0.129 e. The number of ether oxygens (including phenoxy) is 1. The first-order valence-corrected chi connectivity index (χ1v) is 5.87. The van der Waals surface area contributed by atoms with Gasteiger partial charge in [-0.1, -0.05) is 23.7 Å². The van der Waals surface area contributed by atoms with E-state index in [4.69, 9.17) is 22.1 Å². The number of hydrogen-bond acceptors (Lipinski definition) is 2. The summed E-state index contributed by atoms with van der Waals surface area (Å²) >= 11 is 6.02. The molecule has 4 heteroatoms. The number of benzene rings is 2. The van der Waals surface area contributed by atoms with Crippen molar-refractivity contribution in [3.8, 4) is 5.75 Å². The summed E-state index contributed by atoms with van der Waals surface area (Å²) in [5.41, 5.74) is 7.66. The van der Waals surface area contributed by atoms with E-state index < -0.39 is 0 Å². The Bertz CT molecular complexity index is 551. The van der Waals surface area contributed by atoms with Crippen molar-refractivity contribution >= 4 is 17.3 Å². The molecule has 94 valence electrons. The van der Waals surface area contributed by atoms with Gasteiger partial charge in [-0.05, 0) is 30.7 Å². The Hall–Kier alpha value is -1.74. The van der Waals surface area contributed by atoms with Crippen LogP contribution in [0.3, 0.4) is 0 Å². The van der Waals surface area contributed by atoms with Crippen molar-refractivity contribution in [1.29, 1.82) is 0 Å². The lowest BCUT2D eigenvalue weighted by Gasteiger charge is -2.10. The van der Waals surface area contributed by atoms with Crippen molar-refractivity contribution in [3.05, 3.63) is 58.4 Å². The maximum atomic E-state index is 13.3. The summed E-state index contributed by atoms with van der Waals surface area (Å²) in [5, 5.41) is 0.544. The number of nitrogens with two attached hydrogens (primary N) is 1. The molecule has 2 aromatic rings. The van der Waals surface area contributed by atoms with E-state index in [1.165, 1.54) is 6.07 Å². The molecular weight excluding hydrogens is 253 g/mol. The van der Waals surface area contributed by atoms with Gasteiger partial charge in [-0.25, -0.2) is 4.39 Å². The van der Waals surface area contributed by atoms with E-state index in [9.17, 15) is 4.39 Å². The summed E-state index contributed by atoms with van der Waals surface area (Å²) in [6, 6.07) is 9.99. The summed E-state index contributed by atoms with van der Waals surface area (Å²) in [6.45, 7) is 1.92. The van der Waals surface area contributed by atoms with Gasteiger partial charge in [0, 0.05) is 22.3 Å². The largest absolute Gasteiger partial charge is 0.489 e. The number of rotatable bonds is 3. The third-order valence-electron chi connectivity index (χ3n) is 2.68. The van der Waals surface area contributed by atoms with Gasteiger partial charge < -0.3 is 10.5 Å². The van der Waals surface area contributed by atoms with Gasteiger partial charge in [-0.15, -0.1) is 0 Å². The van der Waals surface area contributed by atoms with Crippen LogP contribution in [0.15, 0.2) is 36.4 Å². The molecule has 0 fully saturated rings. The summed E-state index contributed by atoms with van der Waals surface area (Å²) in [7, 11) is 0. The Kier molecular flexibility index (Phi) is 3.72.